The molecule has 0 radical (unpaired) electrons. The molecule has 1 aromatic rings. The van der Waals surface area contributed by atoms with Crippen molar-refractivity contribution in [3.63, 3.8) is 0 Å². The van der Waals surface area contributed by atoms with Crippen molar-refractivity contribution in [2.75, 3.05) is 20.6 Å². The number of benzene rings is 1. The molecule has 1 aromatic carbocycles. The Labute approximate surface area is 130 Å². The third-order valence-electron chi connectivity index (χ3n) is 3.86. The zero-order valence-electron chi connectivity index (χ0n) is 12.9. The van der Waals surface area contributed by atoms with Crippen LogP contribution < -0.4 is 5.32 Å². The number of carbonyl (C=O) groups is 3. The first-order valence-corrected chi connectivity index (χ1v) is 7.35. The van der Waals surface area contributed by atoms with Crippen molar-refractivity contribution in [2.45, 2.75) is 25.3 Å². The molecule has 1 aliphatic heterocycles. The van der Waals surface area contributed by atoms with Crippen LogP contribution in [0.4, 0.5) is 4.79 Å². The number of aryl methyl sites for hydroxylation is 1. The van der Waals surface area contributed by atoms with Gasteiger partial charge in [0.05, 0.1) is 6.42 Å². The molecule has 6 heteroatoms. The largest absolute Gasteiger partial charge is 0.356 e. The molecular weight excluding hydrogens is 282 g/mol. The van der Waals surface area contributed by atoms with Gasteiger partial charge in [0.25, 0.3) is 5.91 Å². The van der Waals surface area contributed by atoms with Crippen LogP contribution in [0.3, 0.4) is 0 Å². The Morgan fingerprint density at radius 1 is 1.18 bits per heavy atom. The number of nitrogens with one attached hydrogen (secondary N) is 1. The number of carbonyl (C=O) groups excluding carboxylic acids is 3. The highest BCUT2D eigenvalue weighted by Crippen LogP contribution is 2.16. The summed E-state index contributed by atoms with van der Waals surface area (Å²) in [6.45, 7) is 0.558. The maximum absolute atomic E-state index is 11.9. The zero-order valence-corrected chi connectivity index (χ0v) is 12.9. The summed E-state index contributed by atoms with van der Waals surface area (Å²) in [5.41, 5.74) is 1.23. The van der Waals surface area contributed by atoms with Crippen LogP contribution in [0.15, 0.2) is 30.3 Å². The minimum atomic E-state index is -0.688. The first kappa shape index (κ1) is 16.0. The van der Waals surface area contributed by atoms with Gasteiger partial charge in [-0.3, -0.25) is 14.5 Å². The van der Waals surface area contributed by atoms with Crippen molar-refractivity contribution in [1.82, 2.24) is 15.1 Å². The smallest absolute Gasteiger partial charge is 0.326 e. The van der Waals surface area contributed by atoms with Gasteiger partial charge in [-0.2, -0.15) is 0 Å². The molecule has 0 spiro atoms. The summed E-state index contributed by atoms with van der Waals surface area (Å²) in [5.74, 6) is -0.534. The summed E-state index contributed by atoms with van der Waals surface area (Å²) >= 11 is 0. The Kier molecular flexibility index (Phi) is 5.14. The summed E-state index contributed by atoms with van der Waals surface area (Å²) in [6.07, 6.45) is 1.74. The average Bonchev–Trinajstić information content (AvgIpc) is 2.70. The molecule has 1 N–H and O–H groups in total. The lowest BCUT2D eigenvalue weighted by atomic mass is 10.1. The molecule has 0 aromatic heterocycles. The van der Waals surface area contributed by atoms with E-state index in [9.17, 15) is 14.4 Å². The summed E-state index contributed by atoms with van der Waals surface area (Å²) in [6, 6.07) is 8.99. The average molecular weight is 303 g/mol. The minimum absolute atomic E-state index is 0.0107. The number of urea groups is 1. The lowest BCUT2D eigenvalue weighted by molar-refractivity contribution is -0.131. The van der Waals surface area contributed by atoms with Crippen LogP contribution in [-0.2, 0) is 16.0 Å². The Bertz CT molecular complexity index is 559. The van der Waals surface area contributed by atoms with E-state index in [2.05, 4.69) is 17.4 Å². The predicted octanol–water partition coefficient (Wildman–Crippen LogP) is 1.02. The van der Waals surface area contributed by atoms with Gasteiger partial charge in [-0.25, -0.2) is 4.79 Å². The highest BCUT2D eigenvalue weighted by Gasteiger charge is 2.41. The van der Waals surface area contributed by atoms with Gasteiger partial charge in [-0.05, 0) is 18.4 Å². The van der Waals surface area contributed by atoms with Crippen molar-refractivity contribution in [1.29, 1.82) is 0 Å². The van der Waals surface area contributed by atoms with Crippen molar-refractivity contribution in [3.05, 3.63) is 35.9 Å². The van der Waals surface area contributed by atoms with Crippen molar-refractivity contribution in [2.24, 2.45) is 0 Å². The summed E-state index contributed by atoms with van der Waals surface area (Å²) in [7, 11) is 2.97. The van der Waals surface area contributed by atoms with Crippen molar-refractivity contribution in [3.8, 4) is 0 Å². The zero-order chi connectivity index (χ0) is 16.1. The fraction of sp³-hybridized carbons (Fsp3) is 0.438. The first-order chi connectivity index (χ1) is 10.5. The van der Waals surface area contributed by atoms with E-state index in [1.807, 2.05) is 18.2 Å². The van der Waals surface area contributed by atoms with E-state index in [4.69, 9.17) is 0 Å². The highest BCUT2D eigenvalue weighted by atomic mass is 16.2. The molecular formula is C16H21N3O3. The van der Waals surface area contributed by atoms with E-state index in [0.717, 1.165) is 17.7 Å². The fourth-order valence-electron chi connectivity index (χ4n) is 2.49. The molecule has 2 rings (SSSR count). The topological polar surface area (TPSA) is 69.7 Å². The predicted molar refractivity (Wildman–Crippen MR) is 82.1 cm³/mol. The molecule has 1 fully saturated rings. The van der Waals surface area contributed by atoms with E-state index in [-0.39, 0.29) is 24.3 Å². The maximum Gasteiger partial charge on any atom is 0.326 e. The molecule has 22 heavy (non-hydrogen) atoms. The van der Waals surface area contributed by atoms with Gasteiger partial charge >= 0.3 is 6.03 Å². The third kappa shape index (κ3) is 3.63. The molecule has 0 bridgehead atoms. The van der Waals surface area contributed by atoms with Crippen LogP contribution in [0, 0.1) is 0 Å². The van der Waals surface area contributed by atoms with Crippen LogP contribution in [-0.4, -0.2) is 54.3 Å². The Hall–Kier alpha value is -2.37. The number of likely N-dealkylation sites (N-methyl/N-ethyl adjacent to an activating group) is 2. The lowest BCUT2D eigenvalue weighted by Crippen LogP contribution is -2.37. The second-order valence-corrected chi connectivity index (χ2v) is 5.45. The fourth-order valence-corrected chi connectivity index (χ4v) is 2.49. The van der Waals surface area contributed by atoms with Crippen LogP contribution in [0.2, 0.25) is 0 Å². The SMILES string of the molecule is CN1C(=O)C(CC(=O)NCCCc2ccccc2)N(C)C1=O. The second-order valence-electron chi connectivity index (χ2n) is 5.45. The summed E-state index contributed by atoms with van der Waals surface area (Å²) in [5, 5.41) is 2.80. The molecule has 118 valence electrons. The molecule has 1 aliphatic rings. The molecule has 1 unspecified atom stereocenters. The van der Waals surface area contributed by atoms with E-state index >= 15 is 0 Å². The number of nitrogens with zero attached hydrogens (tertiary/aromatic N) is 2. The van der Waals surface area contributed by atoms with E-state index in [1.165, 1.54) is 24.6 Å². The molecule has 6 nitrogen and oxygen atoms in total. The van der Waals surface area contributed by atoms with Crippen LogP contribution in [0.1, 0.15) is 18.4 Å². The van der Waals surface area contributed by atoms with E-state index in [1.54, 1.807) is 0 Å². The standard InChI is InChI=1S/C16H21N3O3/c1-18-13(15(21)19(2)16(18)22)11-14(20)17-10-6-9-12-7-4-3-5-8-12/h3-5,7-8,13H,6,9-11H2,1-2H3,(H,17,20). The van der Waals surface area contributed by atoms with E-state index < -0.39 is 6.04 Å². The third-order valence-corrected chi connectivity index (χ3v) is 3.86. The van der Waals surface area contributed by atoms with Gasteiger partial charge in [0, 0.05) is 20.6 Å². The van der Waals surface area contributed by atoms with E-state index in [0.29, 0.717) is 6.54 Å². The van der Waals surface area contributed by atoms with Crippen molar-refractivity contribution >= 4 is 17.8 Å². The van der Waals surface area contributed by atoms with Crippen LogP contribution in [0.5, 0.6) is 0 Å². The van der Waals surface area contributed by atoms with Gasteiger partial charge in [0.1, 0.15) is 6.04 Å². The molecule has 0 saturated carbocycles. The number of hydrogen-bond donors (Lipinski definition) is 1. The quantitative estimate of drug-likeness (QED) is 0.630. The lowest BCUT2D eigenvalue weighted by Gasteiger charge is -2.15. The minimum Gasteiger partial charge on any atom is -0.356 e. The first-order valence-electron chi connectivity index (χ1n) is 7.35. The summed E-state index contributed by atoms with van der Waals surface area (Å²) < 4.78 is 0. The van der Waals surface area contributed by atoms with Gasteiger partial charge in [-0.1, -0.05) is 30.3 Å². The highest BCUT2D eigenvalue weighted by molar-refractivity contribution is 6.05. The Morgan fingerprint density at radius 2 is 1.86 bits per heavy atom. The summed E-state index contributed by atoms with van der Waals surface area (Å²) in [4.78, 5) is 37.7. The van der Waals surface area contributed by atoms with Gasteiger partial charge in [0.15, 0.2) is 0 Å². The van der Waals surface area contributed by atoms with Crippen LogP contribution >= 0.6 is 0 Å². The molecule has 1 saturated heterocycles. The normalized spacial score (nSPS) is 18.0. The Morgan fingerprint density at radius 3 is 2.45 bits per heavy atom. The van der Waals surface area contributed by atoms with Crippen LogP contribution in [0.25, 0.3) is 0 Å². The Balaban J connectivity index is 1.72. The number of imide groups is 1. The second kappa shape index (κ2) is 7.06. The molecule has 1 heterocycles. The number of amides is 4. The maximum atomic E-state index is 11.9. The van der Waals surface area contributed by atoms with Crippen molar-refractivity contribution < 1.29 is 14.4 Å². The van der Waals surface area contributed by atoms with Gasteiger partial charge in [-0.15, -0.1) is 0 Å². The number of rotatable bonds is 6. The molecule has 4 amide bonds. The molecule has 0 aliphatic carbocycles. The van der Waals surface area contributed by atoms with Gasteiger partial charge < -0.3 is 10.2 Å². The van der Waals surface area contributed by atoms with Gasteiger partial charge in [0.2, 0.25) is 5.91 Å². The number of hydrogen-bond acceptors (Lipinski definition) is 3. The molecule has 1 atom stereocenters. The monoisotopic (exact) mass is 303 g/mol.